The molecule has 3 aromatic carbocycles. The molecule has 0 unspecified atom stereocenters. The maximum Gasteiger partial charge on any atom is 0.240 e. The summed E-state index contributed by atoms with van der Waals surface area (Å²) in [5.74, 6) is 0.949. The van der Waals surface area contributed by atoms with Gasteiger partial charge >= 0.3 is 0 Å². The fourth-order valence-corrected chi connectivity index (χ4v) is 5.36. The number of benzene rings is 3. The van der Waals surface area contributed by atoms with Crippen molar-refractivity contribution in [2.45, 2.75) is 49.6 Å². The lowest BCUT2D eigenvalue weighted by molar-refractivity contribution is -0.121. The van der Waals surface area contributed by atoms with Gasteiger partial charge in [-0.15, -0.1) is 0 Å². The van der Waals surface area contributed by atoms with Crippen molar-refractivity contribution in [3.63, 3.8) is 0 Å². The number of hydrogen-bond acceptors (Lipinski definition) is 4. The van der Waals surface area contributed by atoms with Crippen LogP contribution < -0.4 is 14.8 Å². The van der Waals surface area contributed by atoms with Crippen LogP contribution in [-0.2, 0) is 34.2 Å². The van der Waals surface area contributed by atoms with Crippen molar-refractivity contribution in [2.75, 3.05) is 6.61 Å². The van der Waals surface area contributed by atoms with E-state index in [1.807, 2.05) is 18.2 Å². The third-order valence-electron chi connectivity index (χ3n) is 6.24. The van der Waals surface area contributed by atoms with Crippen LogP contribution in [-0.4, -0.2) is 27.0 Å². The SMILES string of the molecule is O=C(CCc1ccc(S(=O)(=O)NC2CC2)cc1)NCc1ccc(-c2ccc3c(c2)CCO3)cc1. The second-order valence-electron chi connectivity index (χ2n) is 8.93. The van der Waals surface area contributed by atoms with Gasteiger partial charge in [-0.25, -0.2) is 13.1 Å². The third kappa shape index (κ3) is 5.48. The van der Waals surface area contributed by atoms with Gasteiger partial charge in [-0.05, 0) is 71.3 Å². The number of ether oxygens (including phenoxy) is 1. The Bertz CT molecular complexity index is 1280. The molecular weight excluding hydrogens is 448 g/mol. The summed E-state index contributed by atoms with van der Waals surface area (Å²) >= 11 is 0. The van der Waals surface area contributed by atoms with Gasteiger partial charge in [-0.2, -0.15) is 0 Å². The number of nitrogens with one attached hydrogen (secondary N) is 2. The number of amides is 1. The van der Waals surface area contributed by atoms with E-state index in [9.17, 15) is 13.2 Å². The van der Waals surface area contributed by atoms with Crippen molar-refractivity contribution in [1.82, 2.24) is 10.0 Å². The summed E-state index contributed by atoms with van der Waals surface area (Å²) in [6.07, 6.45) is 3.67. The molecule has 0 aromatic heterocycles. The predicted molar refractivity (Wildman–Crippen MR) is 131 cm³/mol. The smallest absolute Gasteiger partial charge is 0.240 e. The Morgan fingerprint density at radius 1 is 0.912 bits per heavy atom. The Balaban J connectivity index is 1.09. The van der Waals surface area contributed by atoms with E-state index in [-0.39, 0.29) is 16.8 Å². The first-order valence-corrected chi connectivity index (χ1v) is 13.2. The summed E-state index contributed by atoms with van der Waals surface area (Å²) < 4.78 is 32.7. The number of hydrogen-bond donors (Lipinski definition) is 2. The molecular formula is C27H28N2O4S. The van der Waals surface area contributed by atoms with Crippen molar-refractivity contribution in [3.05, 3.63) is 83.4 Å². The Kier molecular flexibility index (Phi) is 6.39. The van der Waals surface area contributed by atoms with Crippen LogP contribution in [0.15, 0.2) is 71.6 Å². The van der Waals surface area contributed by atoms with E-state index in [4.69, 9.17) is 4.74 Å². The number of fused-ring (bicyclic) bond motifs is 1. The highest BCUT2D eigenvalue weighted by Crippen LogP contribution is 2.30. The molecule has 0 atom stereocenters. The number of sulfonamides is 1. The zero-order chi connectivity index (χ0) is 23.5. The summed E-state index contributed by atoms with van der Waals surface area (Å²) in [5, 5.41) is 2.97. The molecule has 7 heteroatoms. The molecule has 1 fully saturated rings. The predicted octanol–water partition coefficient (Wildman–Crippen LogP) is 3.98. The van der Waals surface area contributed by atoms with E-state index >= 15 is 0 Å². The largest absolute Gasteiger partial charge is 0.493 e. The normalized spacial score (nSPS) is 14.9. The van der Waals surface area contributed by atoms with Crippen LogP contribution in [0.4, 0.5) is 0 Å². The van der Waals surface area contributed by atoms with E-state index < -0.39 is 10.0 Å². The maximum absolute atomic E-state index is 12.3. The van der Waals surface area contributed by atoms with Gasteiger partial charge in [0.15, 0.2) is 0 Å². The van der Waals surface area contributed by atoms with Crippen molar-refractivity contribution in [2.24, 2.45) is 0 Å². The van der Waals surface area contributed by atoms with Gasteiger partial charge in [0.2, 0.25) is 15.9 Å². The van der Waals surface area contributed by atoms with Gasteiger partial charge in [0.25, 0.3) is 0 Å². The summed E-state index contributed by atoms with van der Waals surface area (Å²) in [7, 11) is -3.44. The average molecular weight is 477 g/mol. The number of rotatable bonds is 9. The highest BCUT2D eigenvalue weighted by molar-refractivity contribution is 7.89. The molecule has 5 rings (SSSR count). The minimum absolute atomic E-state index is 0.0326. The number of carbonyl (C=O) groups is 1. The minimum atomic E-state index is -3.44. The van der Waals surface area contributed by atoms with Crippen molar-refractivity contribution < 1.29 is 17.9 Å². The molecule has 1 amide bonds. The summed E-state index contributed by atoms with van der Waals surface area (Å²) in [6, 6.07) is 21.4. The van der Waals surface area contributed by atoms with E-state index in [0.29, 0.717) is 19.4 Å². The van der Waals surface area contributed by atoms with Gasteiger partial charge < -0.3 is 10.1 Å². The highest BCUT2D eigenvalue weighted by atomic mass is 32.2. The highest BCUT2D eigenvalue weighted by Gasteiger charge is 2.27. The topological polar surface area (TPSA) is 84.5 Å². The Hall–Kier alpha value is -3.16. The fraction of sp³-hybridized carbons (Fsp3) is 0.296. The zero-order valence-electron chi connectivity index (χ0n) is 18.9. The Morgan fingerprint density at radius 2 is 1.62 bits per heavy atom. The van der Waals surface area contributed by atoms with Gasteiger partial charge in [0.1, 0.15) is 5.75 Å². The standard InChI is InChI=1S/C27H28N2O4S/c30-27(14-5-19-3-11-25(12-4-19)34(31,32)29-24-9-10-24)28-18-20-1-6-21(7-2-20)22-8-13-26-23(17-22)15-16-33-26/h1-4,6-8,11-13,17,24,29H,5,9-10,14-16,18H2,(H,28,30). The molecule has 1 saturated carbocycles. The molecule has 176 valence electrons. The van der Waals surface area contributed by atoms with Crippen molar-refractivity contribution in [3.8, 4) is 16.9 Å². The molecule has 0 bridgehead atoms. The maximum atomic E-state index is 12.3. The lowest BCUT2D eigenvalue weighted by atomic mass is 10.0. The quantitative estimate of drug-likeness (QED) is 0.489. The molecule has 0 saturated heterocycles. The second kappa shape index (κ2) is 9.60. The first kappa shape index (κ1) is 22.6. The monoisotopic (exact) mass is 476 g/mol. The zero-order valence-corrected chi connectivity index (χ0v) is 19.7. The van der Waals surface area contributed by atoms with E-state index in [0.717, 1.165) is 48.3 Å². The Labute approximate surface area is 200 Å². The molecule has 3 aromatic rings. The second-order valence-corrected chi connectivity index (χ2v) is 10.6. The lowest BCUT2D eigenvalue weighted by Crippen LogP contribution is -2.25. The number of carbonyl (C=O) groups excluding carboxylic acids is 1. The van der Waals surface area contributed by atoms with Gasteiger partial charge in [0, 0.05) is 25.4 Å². The van der Waals surface area contributed by atoms with Crippen molar-refractivity contribution >= 4 is 15.9 Å². The summed E-state index contributed by atoms with van der Waals surface area (Å²) in [5.41, 5.74) is 5.54. The van der Waals surface area contributed by atoms with Gasteiger partial charge in [0.05, 0.1) is 11.5 Å². The summed E-state index contributed by atoms with van der Waals surface area (Å²) in [4.78, 5) is 12.6. The third-order valence-corrected chi connectivity index (χ3v) is 7.78. The van der Waals surface area contributed by atoms with E-state index in [1.54, 1.807) is 24.3 Å². The molecule has 2 N–H and O–H groups in total. The molecule has 1 aliphatic carbocycles. The average Bonchev–Trinajstić information content (AvgIpc) is 3.53. The van der Waals surface area contributed by atoms with Crippen LogP contribution >= 0.6 is 0 Å². The van der Waals surface area contributed by atoms with Crippen LogP contribution in [0.2, 0.25) is 0 Å². The molecule has 0 radical (unpaired) electrons. The van der Waals surface area contributed by atoms with Crippen LogP contribution in [0, 0.1) is 0 Å². The van der Waals surface area contributed by atoms with Crippen LogP contribution in [0.1, 0.15) is 36.0 Å². The molecule has 34 heavy (non-hydrogen) atoms. The first-order valence-electron chi connectivity index (χ1n) is 11.7. The molecule has 0 spiro atoms. The first-order chi connectivity index (χ1) is 16.5. The van der Waals surface area contributed by atoms with Gasteiger partial charge in [-0.1, -0.05) is 42.5 Å². The van der Waals surface area contributed by atoms with Crippen molar-refractivity contribution in [1.29, 1.82) is 0 Å². The minimum Gasteiger partial charge on any atom is -0.493 e. The molecule has 6 nitrogen and oxygen atoms in total. The Morgan fingerprint density at radius 3 is 2.35 bits per heavy atom. The van der Waals surface area contributed by atoms with Crippen LogP contribution in [0.3, 0.4) is 0 Å². The number of aryl methyl sites for hydroxylation is 1. The fourth-order valence-electron chi connectivity index (χ4n) is 4.05. The molecule has 1 heterocycles. The molecule has 2 aliphatic rings. The van der Waals surface area contributed by atoms with Crippen LogP contribution in [0.25, 0.3) is 11.1 Å². The van der Waals surface area contributed by atoms with E-state index in [1.165, 1.54) is 11.1 Å². The van der Waals surface area contributed by atoms with E-state index in [2.05, 4.69) is 34.3 Å². The summed E-state index contributed by atoms with van der Waals surface area (Å²) in [6.45, 7) is 1.23. The van der Waals surface area contributed by atoms with Crippen LogP contribution in [0.5, 0.6) is 5.75 Å². The molecule has 1 aliphatic heterocycles. The lowest BCUT2D eigenvalue weighted by Gasteiger charge is -2.09. The van der Waals surface area contributed by atoms with Gasteiger partial charge in [-0.3, -0.25) is 4.79 Å².